The van der Waals surface area contributed by atoms with E-state index in [0.717, 1.165) is 32.5 Å². The molecule has 20 heavy (non-hydrogen) atoms. The summed E-state index contributed by atoms with van der Waals surface area (Å²) in [6.45, 7) is 4.01. The highest BCUT2D eigenvalue weighted by Crippen LogP contribution is 2.24. The van der Waals surface area contributed by atoms with Crippen molar-refractivity contribution in [2.45, 2.75) is 26.7 Å². The predicted molar refractivity (Wildman–Crippen MR) is 89.5 cm³/mol. The average molecular weight is 403 g/mol. The third-order valence-electron chi connectivity index (χ3n) is 3.32. The fraction of sp³-hybridized carbons (Fsp3) is 0.333. The lowest BCUT2D eigenvalue weighted by molar-refractivity contribution is 0.0990. The maximum atomic E-state index is 12.5. The summed E-state index contributed by atoms with van der Waals surface area (Å²) in [4.78, 5) is 12.5. The van der Waals surface area contributed by atoms with Crippen molar-refractivity contribution in [2.75, 3.05) is 0 Å². The molecule has 2 rings (SSSR count). The molecule has 5 heteroatoms. The molecule has 0 saturated heterocycles. The van der Waals surface area contributed by atoms with Gasteiger partial charge in [0.15, 0.2) is 5.78 Å². The van der Waals surface area contributed by atoms with Gasteiger partial charge < -0.3 is 0 Å². The van der Waals surface area contributed by atoms with Gasteiger partial charge in [0, 0.05) is 16.2 Å². The van der Waals surface area contributed by atoms with Crippen molar-refractivity contribution in [1.82, 2.24) is 9.78 Å². The highest BCUT2D eigenvalue weighted by molar-refractivity contribution is 14.1. The van der Waals surface area contributed by atoms with Crippen LogP contribution in [0.1, 0.15) is 34.2 Å². The minimum absolute atomic E-state index is 0.0747. The van der Waals surface area contributed by atoms with Gasteiger partial charge in [-0.15, -0.1) is 0 Å². The molecule has 1 heterocycles. The summed E-state index contributed by atoms with van der Waals surface area (Å²) in [5.41, 5.74) is 3.49. The summed E-state index contributed by atoms with van der Waals surface area (Å²) in [5.74, 6) is 0.0747. The van der Waals surface area contributed by atoms with Crippen molar-refractivity contribution in [3.8, 4) is 0 Å². The monoisotopic (exact) mass is 402 g/mol. The number of ketones is 1. The van der Waals surface area contributed by atoms with Gasteiger partial charge in [0.25, 0.3) is 0 Å². The van der Waals surface area contributed by atoms with E-state index in [4.69, 9.17) is 11.6 Å². The number of aryl methyl sites for hydroxylation is 3. The van der Waals surface area contributed by atoms with Crippen LogP contribution in [0.15, 0.2) is 18.2 Å². The third kappa shape index (κ3) is 2.91. The Bertz CT molecular complexity index is 664. The average Bonchev–Trinajstić information content (AvgIpc) is 2.69. The van der Waals surface area contributed by atoms with Crippen LogP contribution in [0.25, 0.3) is 0 Å². The molecule has 0 aliphatic carbocycles. The SMILES string of the molecule is CCc1nn(C)c(CC(=O)c2cccc(C)c2I)c1Cl. The number of hydrogen-bond acceptors (Lipinski definition) is 2. The molecule has 0 radical (unpaired) electrons. The first kappa shape index (κ1) is 15.5. The lowest BCUT2D eigenvalue weighted by Crippen LogP contribution is -2.10. The first-order valence-corrected chi connectivity index (χ1v) is 7.90. The Morgan fingerprint density at radius 3 is 2.75 bits per heavy atom. The van der Waals surface area contributed by atoms with E-state index in [1.165, 1.54) is 0 Å². The number of benzene rings is 1. The Balaban J connectivity index is 2.33. The van der Waals surface area contributed by atoms with Crippen LogP contribution in [0.5, 0.6) is 0 Å². The Labute approximate surface area is 137 Å². The molecule has 0 fully saturated rings. The summed E-state index contributed by atoms with van der Waals surface area (Å²) in [6.07, 6.45) is 1.05. The summed E-state index contributed by atoms with van der Waals surface area (Å²) in [7, 11) is 1.83. The van der Waals surface area contributed by atoms with Crippen molar-refractivity contribution in [1.29, 1.82) is 0 Å². The second-order valence-electron chi connectivity index (χ2n) is 4.72. The molecule has 0 aliphatic heterocycles. The Hall–Kier alpha value is -0.880. The van der Waals surface area contributed by atoms with E-state index in [2.05, 4.69) is 27.7 Å². The Morgan fingerprint density at radius 1 is 1.45 bits per heavy atom. The molecule has 0 aliphatic rings. The number of carbonyl (C=O) groups excluding carboxylic acids is 1. The Morgan fingerprint density at radius 2 is 2.15 bits per heavy atom. The second-order valence-corrected chi connectivity index (χ2v) is 6.18. The molecule has 1 aromatic heterocycles. The van der Waals surface area contributed by atoms with E-state index in [0.29, 0.717) is 5.02 Å². The van der Waals surface area contributed by atoms with E-state index in [1.807, 2.05) is 39.1 Å². The van der Waals surface area contributed by atoms with Gasteiger partial charge in [-0.2, -0.15) is 5.10 Å². The molecule has 0 amide bonds. The first-order chi connectivity index (χ1) is 9.45. The lowest BCUT2D eigenvalue weighted by Gasteiger charge is -2.07. The topological polar surface area (TPSA) is 34.9 Å². The van der Waals surface area contributed by atoms with Crippen molar-refractivity contribution >= 4 is 40.0 Å². The molecule has 0 bridgehead atoms. The van der Waals surface area contributed by atoms with Gasteiger partial charge in [-0.1, -0.05) is 36.7 Å². The van der Waals surface area contributed by atoms with Crippen LogP contribution >= 0.6 is 34.2 Å². The zero-order valence-corrected chi connectivity index (χ0v) is 14.6. The molecule has 0 N–H and O–H groups in total. The number of rotatable bonds is 4. The lowest BCUT2D eigenvalue weighted by atomic mass is 10.0. The quantitative estimate of drug-likeness (QED) is 0.573. The number of carbonyl (C=O) groups is 1. The van der Waals surface area contributed by atoms with Crippen LogP contribution in [0.2, 0.25) is 5.02 Å². The largest absolute Gasteiger partial charge is 0.294 e. The molecule has 0 saturated carbocycles. The maximum Gasteiger partial charge on any atom is 0.169 e. The molecular weight excluding hydrogens is 387 g/mol. The second kappa shape index (κ2) is 6.26. The van der Waals surface area contributed by atoms with Crippen molar-refractivity contribution < 1.29 is 4.79 Å². The maximum absolute atomic E-state index is 12.5. The molecule has 106 valence electrons. The predicted octanol–water partition coefficient (Wildman–Crippen LogP) is 3.97. The van der Waals surface area contributed by atoms with E-state index in [-0.39, 0.29) is 12.2 Å². The van der Waals surface area contributed by atoms with Crippen LogP contribution in [0.4, 0.5) is 0 Å². The minimum atomic E-state index is 0.0747. The molecule has 0 unspecified atom stereocenters. The van der Waals surface area contributed by atoms with Gasteiger partial charge in [0.1, 0.15) is 0 Å². The van der Waals surface area contributed by atoms with Crippen LogP contribution in [0, 0.1) is 10.5 Å². The van der Waals surface area contributed by atoms with Crippen LogP contribution in [-0.2, 0) is 19.9 Å². The summed E-state index contributed by atoms with van der Waals surface area (Å²) < 4.78 is 2.71. The molecule has 0 spiro atoms. The van der Waals surface area contributed by atoms with Gasteiger partial charge >= 0.3 is 0 Å². The number of halogens is 2. The number of Topliss-reactive ketones (excluding diaryl/α,β-unsaturated/α-hetero) is 1. The number of hydrogen-bond donors (Lipinski definition) is 0. The Kier molecular flexibility index (Phi) is 4.86. The standard InChI is InChI=1S/C15H16ClIN2O/c1-4-11-14(16)12(19(3)18-11)8-13(20)10-7-5-6-9(2)15(10)17/h5-7H,4,8H2,1-3H3. The fourth-order valence-electron chi connectivity index (χ4n) is 2.12. The van der Waals surface area contributed by atoms with Crippen molar-refractivity contribution in [3.63, 3.8) is 0 Å². The highest BCUT2D eigenvalue weighted by Gasteiger charge is 2.18. The van der Waals surface area contributed by atoms with Gasteiger partial charge in [0.2, 0.25) is 0 Å². The van der Waals surface area contributed by atoms with Crippen LogP contribution in [-0.4, -0.2) is 15.6 Å². The van der Waals surface area contributed by atoms with Gasteiger partial charge in [-0.25, -0.2) is 0 Å². The molecular formula is C15H16ClIN2O. The van der Waals surface area contributed by atoms with E-state index < -0.39 is 0 Å². The van der Waals surface area contributed by atoms with Crippen LogP contribution in [0.3, 0.4) is 0 Å². The number of nitrogens with zero attached hydrogens (tertiary/aromatic N) is 2. The van der Waals surface area contributed by atoms with Gasteiger partial charge in [-0.05, 0) is 41.5 Å². The fourth-order valence-corrected chi connectivity index (χ4v) is 3.14. The molecule has 1 aromatic carbocycles. The van der Waals surface area contributed by atoms with Crippen molar-refractivity contribution in [3.05, 3.63) is 49.3 Å². The molecule has 0 atom stereocenters. The zero-order chi connectivity index (χ0) is 14.9. The van der Waals surface area contributed by atoms with E-state index in [1.54, 1.807) is 4.68 Å². The van der Waals surface area contributed by atoms with Crippen LogP contribution < -0.4 is 0 Å². The summed E-state index contributed by atoms with van der Waals surface area (Å²) in [5, 5.41) is 4.96. The van der Waals surface area contributed by atoms with Crippen molar-refractivity contribution in [2.24, 2.45) is 7.05 Å². The molecule has 2 aromatic rings. The smallest absolute Gasteiger partial charge is 0.169 e. The van der Waals surface area contributed by atoms with E-state index >= 15 is 0 Å². The third-order valence-corrected chi connectivity index (χ3v) is 5.19. The van der Waals surface area contributed by atoms with Gasteiger partial charge in [0.05, 0.1) is 22.8 Å². The summed E-state index contributed by atoms with van der Waals surface area (Å²) >= 11 is 8.51. The van der Waals surface area contributed by atoms with Gasteiger partial charge in [-0.3, -0.25) is 9.48 Å². The normalized spacial score (nSPS) is 10.8. The highest BCUT2D eigenvalue weighted by atomic mass is 127. The van der Waals surface area contributed by atoms with E-state index in [9.17, 15) is 4.79 Å². The summed E-state index contributed by atoms with van der Waals surface area (Å²) in [6, 6.07) is 5.78. The number of aromatic nitrogens is 2. The zero-order valence-electron chi connectivity index (χ0n) is 11.7. The molecule has 3 nitrogen and oxygen atoms in total. The minimum Gasteiger partial charge on any atom is -0.294 e. The first-order valence-electron chi connectivity index (χ1n) is 6.44.